The first-order chi connectivity index (χ1) is 16.2. The Morgan fingerprint density at radius 3 is 2.12 bits per heavy atom. The Kier molecular flexibility index (Phi) is 11.5. The molecule has 0 aromatic heterocycles. The van der Waals surface area contributed by atoms with E-state index in [0.717, 1.165) is 28.0 Å². The average molecular weight is 457 g/mol. The van der Waals surface area contributed by atoms with E-state index >= 15 is 0 Å². The van der Waals surface area contributed by atoms with Crippen LogP contribution in [0.3, 0.4) is 0 Å². The number of aliphatic imine (C=N–C) groups is 1. The van der Waals surface area contributed by atoms with Crippen LogP contribution in [-0.4, -0.2) is 5.71 Å². The molecule has 0 amide bonds. The number of hydrogen-bond acceptors (Lipinski definition) is 2. The number of halogens is 1. The highest BCUT2D eigenvalue weighted by molar-refractivity contribution is 6.31. The van der Waals surface area contributed by atoms with E-state index in [1.54, 1.807) is 0 Å². The van der Waals surface area contributed by atoms with Crippen molar-refractivity contribution in [2.45, 2.75) is 33.9 Å². The minimum Gasteiger partial charge on any atom is -0.366 e. The van der Waals surface area contributed by atoms with Crippen LogP contribution >= 0.6 is 11.6 Å². The van der Waals surface area contributed by atoms with Gasteiger partial charge in [0.1, 0.15) is 6.17 Å². The van der Waals surface area contributed by atoms with Crippen molar-refractivity contribution >= 4 is 17.3 Å². The van der Waals surface area contributed by atoms with Gasteiger partial charge in [-0.1, -0.05) is 110 Å². The molecule has 0 aliphatic carbocycles. The molecule has 0 fully saturated rings. The smallest absolute Gasteiger partial charge is 0.145 e. The number of allylic oxidation sites excluding steroid dienone is 5. The molecule has 0 saturated carbocycles. The summed E-state index contributed by atoms with van der Waals surface area (Å²) in [6.07, 6.45) is 11.6. The molecule has 1 unspecified atom stereocenters. The minimum atomic E-state index is -0.289. The van der Waals surface area contributed by atoms with E-state index in [1.807, 2.05) is 113 Å². The number of benzene rings is 3. The number of nitrogens with one attached hydrogen (secondary N) is 1. The third kappa shape index (κ3) is 8.25. The first-order valence-electron chi connectivity index (χ1n) is 11.4. The summed E-state index contributed by atoms with van der Waals surface area (Å²) in [5.41, 5.74) is 5.13. The van der Waals surface area contributed by atoms with Crippen LogP contribution in [0.5, 0.6) is 0 Å². The van der Waals surface area contributed by atoms with Gasteiger partial charge in [-0.3, -0.25) is 4.99 Å². The molecule has 3 aromatic carbocycles. The van der Waals surface area contributed by atoms with Crippen LogP contribution in [0.15, 0.2) is 120 Å². The summed E-state index contributed by atoms with van der Waals surface area (Å²) in [4.78, 5) is 5.08. The Hall–Kier alpha value is -3.36. The van der Waals surface area contributed by atoms with E-state index in [1.165, 1.54) is 0 Å². The Morgan fingerprint density at radius 1 is 0.818 bits per heavy atom. The standard InChI is InChI=1S/C28H27ClN2.C2H6/c1-3-5-8-17-27(23-15-11-7-12-16-23)31-28(30-18-4-2)25-19-24(20-26(29)21-25)22-13-9-6-10-14-22;1-2/h3-21,28,30H,1-2H3;1-2H3/b5-3+,17-8+,18-4-,31-27+;. The van der Waals surface area contributed by atoms with Gasteiger partial charge in [-0.05, 0) is 66.6 Å². The second-order valence-electron chi connectivity index (χ2n) is 6.97. The molecule has 3 rings (SSSR count). The van der Waals surface area contributed by atoms with Crippen LogP contribution in [-0.2, 0) is 0 Å². The third-order valence-electron chi connectivity index (χ3n) is 4.66. The molecule has 33 heavy (non-hydrogen) atoms. The Labute approximate surface area is 204 Å². The number of hydrogen-bond donors (Lipinski definition) is 1. The Morgan fingerprint density at radius 2 is 1.48 bits per heavy atom. The van der Waals surface area contributed by atoms with Gasteiger partial charge in [-0.15, -0.1) is 0 Å². The van der Waals surface area contributed by atoms with E-state index in [0.29, 0.717) is 5.02 Å². The first kappa shape index (κ1) is 25.9. The van der Waals surface area contributed by atoms with Crippen LogP contribution in [0.4, 0.5) is 0 Å². The van der Waals surface area contributed by atoms with E-state index in [-0.39, 0.29) is 6.17 Å². The maximum atomic E-state index is 6.52. The quantitative estimate of drug-likeness (QED) is 0.266. The minimum absolute atomic E-state index is 0.289. The molecule has 0 bridgehead atoms. The average Bonchev–Trinajstić information content (AvgIpc) is 2.87. The molecule has 170 valence electrons. The molecule has 1 N–H and O–H groups in total. The lowest BCUT2D eigenvalue weighted by atomic mass is 10.0. The fourth-order valence-corrected chi connectivity index (χ4v) is 3.43. The lowest BCUT2D eigenvalue weighted by Crippen LogP contribution is -2.16. The summed E-state index contributed by atoms with van der Waals surface area (Å²) < 4.78 is 0. The van der Waals surface area contributed by atoms with Gasteiger partial charge in [-0.2, -0.15) is 0 Å². The second-order valence-corrected chi connectivity index (χ2v) is 7.41. The predicted molar refractivity (Wildman–Crippen MR) is 146 cm³/mol. The molecule has 3 aromatic rings. The summed E-state index contributed by atoms with van der Waals surface area (Å²) in [6, 6.07) is 26.5. The molecule has 0 spiro atoms. The lowest BCUT2D eigenvalue weighted by Gasteiger charge is -2.17. The molecule has 1 atom stereocenters. The van der Waals surface area contributed by atoms with E-state index < -0.39 is 0 Å². The predicted octanol–water partition coefficient (Wildman–Crippen LogP) is 8.78. The van der Waals surface area contributed by atoms with Crippen LogP contribution < -0.4 is 5.32 Å². The fraction of sp³-hybridized carbons (Fsp3) is 0.167. The normalized spacial score (nSPS) is 12.7. The van der Waals surface area contributed by atoms with Gasteiger partial charge in [0.25, 0.3) is 0 Å². The van der Waals surface area contributed by atoms with Crippen LogP contribution in [0, 0.1) is 0 Å². The summed E-state index contributed by atoms with van der Waals surface area (Å²) in [5.74, 6) is 0. The summed E-state index contributed by atoms with van der Waals surface area (Å²) >= 11 is 6.52. The van der Waals surface area contributed by atoms with Gasteiger partial charge < -0.3 is 5.32 Å². The molecule has 3 heteroatoms. The molecule has 2 nitrogen and oxygen atoms in total. The zero-order chi connectivity index (χ0) is 23.9. The zero-order valence-corrected chi connectivity index (χ0v) is 20.6. The molecular formula is C30H33ClN2. The van der Waals surface area contributed by atoms with Crippen molar-refractivity contribution in [3.05, 3.63) is 132 Å². The molecule has 0 saturated heterocycles. The summed E-state index contributed by atoms with van der Waals surface area (Å²) in [5, 5.41) is 4.09. The van der Waals surface area contributed by atoms with Crippen LogP contribution in [0.25, 0.3) is 11.1 Å². The van der Waals surface area contributed by atoms with Crippen molar-refractivity contribution in [3.63, 3.8) is 0 Å². The number of nitrogens with zero attached hydrogens (tertiary/aromatic N) is 1. The van der Waals surface area contributed by atoms with Crippen molar-refractivity contribution < 1.29 is 0 Å². The van der Waals surface area contributed by atoms with Gasteiger partial charge in [0.05, 0.1) is 5.71 Å². The SMILES string of the molecule is C/C=C\NC(\N=C(/C=C/C=C/C)c1ccccc1)c1cc(Cl)cc(-c2ccccc2)c1.CC. The monoisotopic (exact) mass is 456 g/mol. The second kappa shape index (κ2) is 14.7. The summed E-state index contributed by atoms with van der Waals surface area (Å²) in [6.45, 7) is 7.97. The highest BCUT2D eigenvalue weighted by Crippen LogP contribution is 2.28. The number of rotatable bonds is 8. The zero-order valence-electron chi connectivity index (χ0n) is 19.9. The lowest BCUT2D eigenvalue weighted by molar-refractivity contribution is 0.657. The third-order valence-corrected chi connectivity index (χ3v) is 4.88. The van der Waals surface area contributed by atoms with Crippen LogP contribution in [0.2, 0.25) is 5.02 Å². The summed E-state index contributed by atoms with van der Waals surface area (Å²) in [7, 11) is 0. The van der Waals surface area contributed by atoms with E-state index in [4.69, 9.17) is 16.6 Å². The fourth-order valence-electron chi connectivity index (χ4n) is 3.18. The van der Waals surface area contributed by atoms with Gasteiger partial charge in [0, 0.05) is 5.02 Å². The van der Waals surface area contributed by atoms with Crippen molar-refractivity contribution in [1.29, 1.82) is 0 Å². The Balaban J connectivity index is 0.00000187. The van der Waals surface area contributed by atoms with Gasteiger partial charge in [0.2, 0.25) is 0 Å². The van der Waals surface area contributed by atoms with Gasteiger partial charge in [0.15, 0.2) is 0 Å². The van der Waals surface area contributed by atoms with E-state index in [2.05, 4.69) is 35.6 Å². The molecular weight excluding hydrogens is 424 g/mol. The molecule has 0 aliphatic heterocycles. The van der Waals surface area contributed by atoms with Crippen molar-refractivity contribution in [1.82, 2.24) is 5.32 Å². The molecule has 0 aliphatic rings. The van der Waals surface area contributed by atoms with Crippen molar-refractivity contribution in [3.8, 4) is 11.1 Å². The van der Waals surface area contributed by atoms with Crippen LogP contribution in [0.1, 0.15) is 45.0 Å². The van der Waals surface area contributed by atoms with Gasteiger partial charge >= 0.3 is 0 Å². The van der Waals surface area contributed by atoms with Crippen molar-refractivity contribution in [2.24, 2.45) is 4.99 Å². The highest BCUT2D eigenvalue weighted by atomic mass is 35.5. The first-order valence-corrected chi connectivity index (χ1v) is 11.7. The maximum Gasteiger partial charge on any atom is 0.145 e. The molecule has 0 radical (unpaired) electrons. The highest BCUT2D eigenvalue weighted by Gasteiger charge is 2.13. The largest absolute Gasteiger partial charge is 0.366 e. The maximum absolute atomic E-state index is 6.52. The Bertz CT molecular complexity index is 1080. The van der Waals surface area contributed by atoms with E-state index in [9.17, 15) is 0 Å². The topological polar surface area (TPSA) is 24.4 Å². The van der Waals surface area contributed by atoms with Gasteiger partial charge in [-0.25, -0.2) is 0 Å². The molecule has 0 heterocycles. The van der Waals surface area contributed by atoms with Crippen molar-refractivity contribution in [2.75, 3.05) is 0 Å².